The van der Waals surface area contributed by atoms with Crippen LogP contribution < -0.4 is 10.3 Å². The number of halogens is 2. The molecule has 8 heteroatoms. The van der Waals surface area contributed by atoms with E-state index >= 15 is 0 Å². The van der Waals surface area contributed by atoms with E-state index < -0.39 is 5.67 Å². The minimum Gasteiger partial charge on any atom is -0.474 e. The van der Waals surface area contributed by atoms with Gasteiger partial charge in [0.05, 0.1) is 12.2 Å². The number of aromatic nitrogens is 3. The quantitative estimate of drug-likeness (QED) is 0.580. The minimum absolute atomic E-state index is 0.00257. The predicted octanol–water partition coefficient (Wildman–Crippen LogP) is 3.82. The number of ether oxygens (including phenoxy) is 1. The second-order valence-corrected chi connectivity index (χ2v) is 8.41. The summed E-state index contributed by atoms with van der Waals surface area (Å²) in [7, 11) is 1.99. The molecule has 6 nitrogen and oxygen atoms in total. The van der Waals surface area contributed by atoms with Crippen LogP contribution in [0.4, 0.5) is 4.39 Å². The van der Waals surface area contributed by atoms with Crippen LogP contribution in [0.25, 0.3) is 11.3 Å². The van der Waals surface area contributed by atoms with Crippen LogP contribution in [-0.4, -0.2) is 52.1 Å². The smallest absolute Gasteiger partial charge is 0.267 e. The summed E-state index contributed by atoms with van der Waals surface area (Å²) in [6, 6.07) is 13.9. The van der Waals surface area contributed by atoms with E-state index in [1.54, 1.807) is 36.5 Å². The number of nitrogens with zero attached hydrogens (tertiary/aromatic N) is 4. The van der Waals surface area contributed by atoms with Crippen LogP contribution in [0, 0.1) is 0 Å². The summed E-state index contributed by atoms with van der Waals surface area (Å²) >= 11 is 5.92. The molecule has 1 aliphatic heterocycles. The molecular formula is C23H24ClFN4O2. The van der Waals surface area contributed by atoms with Gasteiger partial charge in [-0.3, -0.25) is 4.79 Å². The molecule has 1 aromatic carbocycles. The van der Waals surface area contributed by atoms with Crippen molar-refractivity contribution in [2.75, 3.05) is 26.7 Å². The van der Waals surface area contributed by atoms with Crippen LogP contribution in [0.2, 0.25) is 5.02 Å². The zero-order valence-electron chi connectivity index (χ0n) is 17.3. The number of rotatable bonds is 6. The second-order valence-electron chi connectivity index (χ2n) is 7.97. The Morgan fingerprint density at radius 2 is 1.84 bits per heavy atom. The van der Waals surface area contributed by atoms with Gasteiger partial charge in [0.1, 0.15) is 12.3 Å². The molecule has 0 saturated carbocycles. The maximum Gasteiger partial charge on any atom is 0.267 e. The summed E-state index contributed by atoms with van der Waals surface area (Å²) in [6.45, 7) is 1.79. The molecule has 0 bridgehead atoms. The molecule has 162 valence electrons. The molecule has 0 spiro atoms. The third-order valence-electron chi connectivity index (χ3n) is 5.51. The van der Waals surface area contributed by atoms with Gasteiger partial charge in [-0.05, 0) is 49.7 Å². The Morgan fingerprint density at radius 1 is 1.10 bits per heavy atom. The van der Waals surface area contributed by atoms with Crippen LogP contribution in [0.15, 0.2) is 59.5 Å². The first-order valence-corrected chi connectivity index (χ1v) is 10.6. The van der Waals surface area contributed by atoms with Crippen LogP contribution in [-0.2, 0) is 6.54 Å². The molecule has 1 aliphatic rings. The number of alkyl halides is 1. The molecule has 0 aliphatic carbocycles. The molecule has 3 heterocycles. The fourth-order valence-electron chi connectivity index (χ4n) is 3.46. The van der Waals surface area contributed by atoms with Crippen molar-refractivity contribution in [1.82, 2.24) is 19.7 Å². The maximum absolute atomic E-state index is 14.8. The van der Waals surface area contributed by atoms with Gasteiger partial charge in [-0.1, -0.05) is 23.7 Å². The van der Waals surface area contributed by atoms with E-state index in [0.29, 0.717) is 36.0 Å². The van der Waals surface area contributed by atoms with Crippen molar-refractivity contribution in [3.8, 4) is 17.1 Å². The van der Waals surface area contributed by atoms with Gasteiger partial charge >= 0.3 is 0 Å². The van der Waals surface area contributed by atoms with E-state index in [1.807, 2.05) is 19.2 Å². The van der Waals surface area contributed by atoms with Gasteiger partial charge < -0.3 is 9.64 Å². The van der Waals surface area contributed by atoms with Crippen molar-refractivity contribution in [1.29, 1.82) is 0 Å². The van der Waals surface area contributed by atoms with Gasteiger partial charge in [0, 0.05) is 42.0 Å². The molecule has 0 N–H and O–H groups in total. The topological polar surface area (TPSA) is 60.2 Å². The first-order chi connectivity index (χ1) is 14.9. The lowest BCUT2D eigenvalue weighted by atomic mass is 9.95. The van der Waals surface area contributed by atoms with E-state index in [9.17, 15) is 9.18 Å². The van der Waals surface area contributed by atoms with Crippen molar-refractivity contribution in [2.45, 2.75) is 25.1 Å². The Morgan fingerprint density at radius 3 is 2.52 bits per heavy atom. The van der Waals surface area contributed by atoms with Crippen molar-refractivity contribution in [2.24, 2.45) is 0 Å². The summed E-state index contributed by atoms with van der Waals surface area (Å²) in [6.07, 6.45) is 2.54. The monoisotopic (exact) mass is 442 g/mol. The largest absolute Gasteiger partial charge is 0.474 e. The summed E-state index contributed by atoms with van der Waals surface area (Å²) < 4.78 is 21.8. The zero-order valence-corrected chi connectivity index (χ0v) is 18.1. The summed E-state index contributed by atoms with van der Waals surface area (Å²) in [5.74, 6) is 0.370. The van der Waals surface area contributed by atoms with Crippen molar-refractivity contribution in [3.63, 3.8) is 0 Å². The molecule has 2 aromatic heterocycles. The molecule has 1 saturated heterocycles. The van der Waals surface area contributed by atoms with E-state index in [2.05, 4.69) is 15.0 Å². The van der Waals surface area contributed by atoms with Gasteiger partial charge in [0.25, 0.3) is 5.56 Å². The van der Waals surface area contributed by atoms with Gasteiger partial charge in [-0.15, -0.1) is 0 Å². The van der Waals surface area contributed by atoms with Crippen molar-refractivity contribution >= 4 is 11.6 Å². The first-order valence-electron chi connectivity index (χ1n) is 10.2. The number of benzene rings is 1. The molecule has 1 fully saturated rings. The third kappa shape index (κ3) is 5.48. The lowest BCUT2D eigenvalue weighted by molar-refractivity contribution is 0.0230. The fraction of sp³-hybridized carbons (Fsp3) is 0.348. The fourth-order valence-corrected chi connectivity index (χ4v) is 3.59. The van der Waals surface area contributed by atoms with Gasteiger partial charge in [0.2, 0.25) is 5.88 Å². The van der Waals surface area contributed by atoms with Gasteiger partial charge in [-0.2, -0.15) is 5.10 Å². The SMILES string of the molecule is CN1CCC(F)(COc2ccc(-c3ccc(=O)n(Cc4ccc(Cl)cc4)n3)cn2)CC1. The number of piperidine rings is 1. The Bertz CT molecular complexity index is 1080. The van der Waals surface area contributed by atoms with E-state index in [-0.39, 0.29) is 12.2 Å². The second kappa shape index (κ2) is 9.16. The van der Waals surface area contributed by atoms with Crippen molar-refractivity contribution < 1.29 is 9.13 Å². The summed E-state index contributed by atoms with van der Waals surface area (Å²) in [4.78, 5) is 18.6. The Kier molecular flexibility index (Phi) is 6.34. The molecule has 31 heavy (non-hydrogen) atoms. The number of likely N-dealkylation sites (tertiary alicyclic amines) is 1. The maximum atomic E-state index is 14.8. The molecule has 0 unspecified atom stereocenters. The standard InChI is InChI=1S/C23H24ClFN4O2/c1-28-12-10-23(25,11-13-28)16-31-21-8-4-18(14-26-21)20-7-9-22(30)29(27-20)15-17-2-5-19(24)6-3-17/h2-9,14H,10-13,15-16H2,1H3. The van der Waals surface area contributed by atoms with E-state index in [1.165, 1.54) is 10.7 Å². The van der Waals surface area contributed by atoms with Crippen LogP contribution in [0.1, 0.15) is 18.4 Å². The van der Waals surface area contributed by atoms with E-state index in [0.717, 1.165) is 24.2 Å². The lowest BCUT2D eigenvalue weighted by Gasteiger charge is -2.33. The Balaban J connectivity index is 1.44. The average molecular weight is 443 g/mol. The van der Waals surface area contributed by atoms with Gasteiger partial charge in [0.15, 0.2) is 0 Å². The highest BCUT2D eigenvalue weighted by Crippen LogP contribution is 2.27. The van der Waals surface area contributed by atoms with Gasteiger partial charge in [-0.25, -0.2) is 14.1 Å². The Hall–Kier alpha value is -2.77. The Labute approximate surface area is 185 Å². The molecule has 4 rings (SSSR count). The highest BCUT2D eigenvalue weighted by Gasteiger charge is 2.34. The molecule has 3 aromatic rings. The molecule has 0 radical (unpaired) electrons. The predicted molar refractivity (Wildman–Crippen MR) is 118 cm³/mol. The number of hydrogen-bond donors (Lipinski definition) is 0. The lowest BCUT2D eigenvalue weighted by Crippen LogP contribution is -2.43. The average Bonchev–Trinajstić information content (AvgIpc) is 2.78. The zero-order chi connectivity index (χ0) is 21.8. The molecule has 0 atom stereocenters. The van der Waals surface area contributed by atoms with Crippen LogP contribution >= 0.6 is 11.6 Å². The van der Waals surface area contributed by atoms with Crippen LogP contribution in [0.5, 0.6) is 5.88 Å². The highest BCUT2D eigenvalue weighted by molar-refractivity contribution is 6.30. The summed E-state index contributed by atoms with van der Waals surface area (Å²) in [5.41, 5.74) is 0.771. The minimum atomic E-state index is -1.31. The van der Waals surface area contributed by atoms with E-state index in [4.69, 9.17) is 16.3 Å². The van der Waals surface area contributed by atoms with Crippen LogP contribution in [0.3, 0.4) is 0 Å². The highest BCUT2D eigenvalue weighted by atomic mass is 35.5. The third-order valence-corrected chi connectivity index (χ3v) is 5.76. The number of pyridine rings is 1. The normalized spacial score (nSPS) is 16.2. The number of hydrogen-bond acceptors (Lipinski definition) is 5. The summed E-state index contributed by atoms with van der Waals surface area (Å²) in [5, 5.41) is 5.09. The first kappa shape index (κ1) is 21.5. The molecular weight excluding hydrogens is 419 g/mol. The van der Waals surface area contributed by atoms with Crippen molar-refractivity contribution in [3.05, 3.63) is 75.7 Å². The molecule has 0 amide bonds.